The maximum Gasteiger partial charge on any atom is 0.335 e. The van der Waals surface area contributed by atoms with Gasteiger partial charge in [0.25, 0.3) is 0 Å². The van der Waals surface area contributed by atoms with Gasteiger partial charge in [0.05, 0.1) is 31.2 Å². The summed E-state index contributed by atoms with van der Waals surface area (Å²) in [6, 6.07) is 6.34. The third-order valence-corrected chi connectivity index (χ3v) is 2.86. The van der Waals surface area contributed by atoms with Gasteiger partial charge in [0.2, 0.25) is 0 Å². The Morgan fingerprint density at radius 3 is 2.43 bits per heavy atom. The minimum atomic E-state index is -0.942. The number of ether oxygens (including phenoxy) is 2. The monoisotopic (exact) mass is 290 g/mol. The molecule has 21 heavy (non-hydrogen) atoms. The number of carboxylic acid groups (broad SMARTS) is 1. The number of aryl methyl sites for hydroxylation is 1. The molecule has 1 heterocycles. The topological polar surface area (TPSA) is 73.6 Å². The van der Waals surface area contributed by atoms with E-state index in [0.29, 0.717) is 19.0 Å². The fourth-order valence-electron chi connectivity index (χ4n) is 1.72. The number of aromatic carboxylic acids is 1. The van der Waals surface area contributed by atoms with Gasteiger partial charge in [-0.25, -0.2) is 4.79 Å². The van der Waals surface area contributed by atoms with Crippen LogP contribution in [-0.4, -0.2) is 34.1 Å². The Morgan fingerprint density at radius 1 is 1.19 bits per heavy atom. The molecular formula is C15H18N2O4. The van der Waals surface area contributed by atoms with Crippen molar-refractivity contribution in [2.45, 2.75) is 19.9 Å². The summed E-state index contributed by atoms with van der Waals surface area (Å²) < 4.78 is 12.8. The second kappa shape index (κ2) is 7.33. The Balaban J connectivity index is 1.66. The lowest BCUT2D eigenvalue weighted by molar-refractivity contribution is 0.0697. The first-order valence-electron chi connectivity index (χ1n) is 6.80. The quantitative estimate of drug-likeness (QED) is 0.756. The standard InChI is InChI=1S/C15H18N2O4/c1-2-17-11-14(10-16-17)21-9-3-8-20-13-6-4-12(5-7-13)15(18)19/h4-7,10-11H,2-3,8-9H2,1H3,(H,18,19). The third-order valence-electron chi connectivity index (χ3n) is 2.86. The van der Waals surface area contributed by atoms with Crippen molar-refractivity contribution in [1.29, 1.82) is 0 Å². The SMILES string of the molecule is CCn1cc(OCCCOc2ccc(C(=O)O)cc2)cn1. The highest BCUT2D eigenvalue weighted by molar-refractivity contribution is 5.87. The van der Waals surface area contributed by atoms with E-state index in [1.54, 1.807) is 23.0 Å². The minimum Gasteiger partial charge on any atom is -0.493 e. The van der Waals surface area contributed by atoms with Gasteiger partial charge < -0.3 is 14.6 Å². The number of hydrogen-bond donors (Lipinski definition) is 1. The van der Waals surface area contributed by atoms with Crippen molar-refractivity contribution in [2.24, 2.45) is 0 Å². The first-order valence-corrected chi connectivity index (χ1v) is 6.80. The van der Waals surface area contributed by atoms with Crippen LogP contribution in [0.3, 0.4) is 0 Å². The fourth-order valence-corrected chi connectivity index (χ4v) is 1.72. The molecule has 0 spiro atoms. The lowest BCUT2D eigenvalue weighted by atomic mass is 10.2. The van der Waals surface area contributed by atoms with E-state index in [0.717, 1.165) is 18.7 Å². The first-order chi connectivity index (χ1) is 10.2. The Hall–Kier alpha value is -2.50. The summed E-state index contributed by atoms with van der Waals surface area (Å²) in [7, 11) is 0. The fraction of sp³-hybridized carbons (Fsp3) is 0.333. The van der Waals surface area contributed by atoms with Crippen molar-refractivity contribution in [2.75, 3.05) is 13.2 Å². The zero-order valence-electron chi connectivity index (χ0n) is 11.9. The normalized spacial score (nSPS) is 10.3. The Labute approximate surface area is 122 Å². The highest BCUT2D eigenvalue weighted by Crippen LogP contribution is 2.13. The van der Waals surface area contributed by atoms with Crippen LogP contribution in [0.2, 0.25) is 0 Å². The summed E-state index contributed by atoms with van der Waals surface area (Å²) in [5.74, 6) is 0.462. The molecule has 1 aromatic carbocycles. The molecule has 0 saturated heterocycles. The number of rotatable bonds is 8. The van der Waals surface area contributed by atoms with E-state index >= 15 is 0 Å². The average Bonchev–Trinajstić information content (AvgIpc) is 2.95. The Bertz CT molecular complexity index is 578. The first kappa shape index (κ1) is 14.9. The number of aromatic nitrogens is 2. The molecule has 0 amide bonds. The van der Waals surface area contributed by atoms with Crippen molar-refractivity contribution < 1.29 is 19.4 Å². The predicted octanol–water partition coefficient (Wildman–Crippen LogP) is 2.45. The van der Waals surface area contributed by atoms with Gasteiger partial charge in [-0.3, -0.25) is 4.68 Å². The second-order valence-corrected chi connectivity index (χ2v) is 4.41. The molecule has 1 N–H and O–H groups in total. The average molecular weight is 290 g/mol. The lowest BCUT2D eigenvalue weighted by Crippen LogP contribution is -2.05. The number of benzene rings is 1. The molecule has 0 atom stereocenters. The van der Waals surface area contributed by atoms with E-state index in [1.807, 2.05) is 13.1 Å². The summed E-state index contributed by atoms with van der Waals surface area (Å²) in [5.41, 5.74) is 0.249. The molecule has 0 fully saturated rings. The molecule has 6 heteroatoms. The largest absolute Gasteiger partial charge is 0.493 e. The van der Waals surface area contributed by atoms with E-state index in [1.165, 1.54) is 12.1 Å². The molecule has 0 aliphatic carbocycles. The summed E-state index contributed by atoms with van der Waals surface area (Å²) in [6.45, 7) is 3.88. The third kappa shape index (κ3) is 4.52. The molecule has 112 valence electrons. The molecule has 0 bridgehead atoms. The van der Waals surface area contributed by atoms with Gasteiger partial charge in [-0.2, -0.15) is 5.10 Å². The van der Waals surface area contributed by atoms with Crippen molar-refractivity contribution in [1.82, 2.24) is 9.78 Å². The van der Waals surface area contributed by atoms with Gasteiger partial charge in [-0.05, 0) is 31.2 Å². The van der Waals surface area contributed by atoms with E-state index in [4.69, 9.17) is 14.6 Å². The summed E-state index contributed by atoms with van der Waals surface area (Å²) in [6.07, 6.45) is 4.28. The van der Waals surface area contributed by atoms with Gasteiger partial charge >= 0.3 is 5.97 Å². The maximum absolute atomic E-state index is 10.7. The van der Waals surface area contributed by atoms with Crippen molar-refractivity contribution >= 4 is 5.97 Å². The van der Waals surface area contributed by atoms with E-state index in [2.05, 4.69) is 5.10 Å². The molecule has 2 aromatic rings. The van der Waals surface area contributed by atoms with Gasteiger partial charge in [-0.1, -0.05) is 0 Å². The van der Waals surface area contributed by atoms with Crippen LogP contribution >= 0.6 is 0 Å². The van der Waals surface area contributed by atoms with E-state index < -0.39 is 5.97 Å². The highest BCUT2D eigenvalue weighted by Gasteiger charge is 2.02. The molecular weight excluding hydrogens is 272 g/mol. The minimum absolute atomic E-state index is 0.249. The van der Waals surface area contributed by atoms with Gasteiger partial charge in [0.15, 0.2) is 5.75 Å². The van der Waals surface area contributed by atoms with Crippen LogP contribution < -0.4 is 9.47 Å². The Kier molecular flexibility index (Phi) is 5.20. The second-order valence-electron chi connectivity index (χ2n) is 4.41. The molecule has 6 nitrogen and oxygen atoms in total. The van der Waals surface area contributed by atoms with Crippen molar-refractivity contribution in [3.05, 3.63) is 42.2 Å². The summed E-state index contributed by atoms with van der Waals surface area (Å²) in [4.78, 5) is 10.7. The molecule has 0 radical (unpaired) electrons. The maximum atomic E-state index is 10.7. The zero-order valence-corrected chi connectivity index (χ0v) is 11.9. The zero-order chi connectivity index (χ0) is 15.1. The molecule has 0 unspecified atom stereocenters. The number of nitrogens with zero attached hydrogens (tertiary/aromatic N) is 2. The van der Waals surface area contributed by atoms with Crippen LogP contribution in [-0.2, 0) is 6.54 Å². The van der Waals surface area contributed by atoms with Crippen LogP contribution in [0.1, 0.15) is 23.7 Å². The van der Waals surface area contributed by atoms with Crippen LogP contribution in [0.25, 0.3) is 0 Å². The smallest absolute Gasteiger partial charge is 0.335 e. The van der Waals surface area contributed by atoms with Gasteiger partial charge in [0.1, 0.15) is 5.75 Å². The van der Waals surface area contributed by atoms with Crippen molar-refractivity contribution in [3.8, 4) is 11.5 Å². The molecule has 1 aromatic heterocycles. The molecule has 0 saturated carbocycles. The Morgan fingerprint density at radius 2 is 1.86 bits per heavy atom. The van der Waals surface area contributed by atoms with Crippen LogP contribution in [0.5, 0.6) is 11.5 Å². The summed E-state index contributed by atoms with van der Waals surface area (Å²) in [5, 5.41) is 12.9. The van der Waals surface area contributed by atoms with Crippen molar-refractivity contribution in [3.63, 3.8) is 0 Å². The van der Waals surface area contributed by atoms with Crippen LogP contribution in [0, 0.1) is 0 Å². The lowest BCUT2D eigenvalue weighted by Gasteiger charge is -2.07. The number of hydrogen-bond acceptors (Lipinski definition) is 4. The number of carbonyl (C=O) groups is 1. The van der Waals surface area contributed by atoms with Gasteiger partial charge in [-0.15, -0.1) is 0 Å². The predicted molar refractivity (Wildman–Crippen MR) is 76.9 cm³/mol. The van der Waals surface area contributed by atoms with E-state index in [9.17, 15) is 4.79 Å². The highest BCUT2D eigenvalue weighted by atomic mass is 16.5. The van der Waals surface area contributed by atoms with Crippen LogP contribution in [0.15, 0.2) is 36.7 Å². The number of carboxylic acids is 1. The van der Waals surface area contributed by atoms with E-state index in [-0.39, 0.29) is 5.56 Å². The molecule has 0 aliphatic rings. The van der Waals surface area contributed by atoms with Crippen LogP contribution in [0.4, 0.5) is 0 Å². The van der Waals surface area contributed by atoms with Gasteiger partial charge in [0, 0.05) is 13.0 Å². The summed E-state index contributed by atoms with van der Waals surface area (Å²) >= 11 is 0. The molecule has 0 aliphatic heterocycles. The molecule has 2 rings (SSSR count).